The van der Waals surface area contributed by atoms with Crippen LogP contribution in [-0.2, 0) is 5.79 Å². The highest BCUT2D eigenvalue weighted by Crippen LogP contribution is 2.41. The largest absolute Gasteiger partial charge is 0.447 e. The summed E-state index contributed by atoms with van der Waals surface area (Å²) in [6.07, 6.45) is -5.33. The van der Waals surface area contributed by atoms with Crippen LogP contribution in [0.15, 0.2) is 36.4 Å². The number of alkyl halides is 3. The van der Waals surface area contributed by atoms with Gasteiger partial charge < -0.3 is 10.2 Å². The summed E-state index contributed by atoms with van der Waals surface area (Å²) in [5.74, 6) is -4.08. The van der Waals surface area contributed by atoms with E-state index in [4.69, 9.17) is 0 Å². The van der Waals surface area contributed by atoms with Crippen LogP contribution in [0.3, 0.4) is 0 Å². The highest BCUT2D eigenvalue weighted by molar-refractivity contribution is 5.93. The molecule has 0 saturated carbocycles. The molecule has 2 N–H and O–H groups in total. The molecule has 2 aromatic rings. The van der Waals surface area contributed by atoms with Crippen molar-refractivity contribution in [2.45, 2.75) is 12.0 Å². The van der Waals surface area contributed by atoms with E-state index in [1.54, 1.807) is 0 Å². The van der Waals surface area contributed by atoms with Gasteiger partial charge in [-0.3, -0.25) is 10.1 Å². The molecule has 8 heteroatoms. The van der Waals surface area contributed by atoms with Gasteiger partial charge in [0.1, 0.15) is 0 Å². The molecule has 0 aromatic heterocycles. The zero-order valence-corrected chi connectivity index (χ0v) is 9.76. The van der Waals surface area contributed by atoms with Crippen molar-refractivity contribution in [3.05, 3.63) is 52.1 Å². The van der Waals surface area contributed by atoms with Gasteiger partial charge in [-0.05, 0) is 17.5 Å². The fraction of sp³-hybridized carbons (Fsp3) is 0.167. The van der Waals surface area contributed by atoms with Crippen molar-refractivity contribution in [1.82, 2.24) is 0 Å². The number of rotatable bonds is 2. The smallest absolute Gasteiger partial charge is 0.355 e. The maximum atomic E-state index is 12.7. The van der Waals surface area contributed by atoms with Crippen LogP contribution in [0, 0.1) is 10.1 Å². The van der Waals surface area contributed by atoms with Crippen LogP contribution in [0.4, 0.5) is 18.9 Å². The lowest BCUT2D eigenvalue weighted by Gasteiger charge is -2.26. The Morgan fingerprint density at radius 1 is 1.00 bits per heavy atom. The molecule has 0 saturated heterocycles. The number of aliphatic hydroxyl groups is 2. The molecule has 0 aliphatic rings. The summed E-state index contributed by atoms with van der Waals surface area (Å²) in [6.45, 7) is 0. The fourth-order valence-electron chi connectivity index (χ4n) is 1.90. The SMILES string of the molecule is O=[N+]([O-])c1ccc(C(O)(O)C(F)(F)F)c2ccccc12. The van der Waals surface area contributed by atoms with Crippen molar-refractivity contribution in [3.8, 4) is 0 Å². The third kappa shape index (κ3) is 2.08. The summed E-state index contributed by atoms with van der Waals surface area (Å²) in [5, 5.41) is 29.1. The first kappa shape index (κ1) is 14.2. The van der Waals surface area contributed by atoms with Gasteiger partial charge >= 0.3 is 6.18 Å². The van der Waals surface area contributed by atoms with Crippen molar-refractivity contribution >= 4 is 16.5 Å². The van der Waals surface area contributed by atoms with Crippen LogP contribution in [-0.4, -0.2) is 21.3 Å². The first-order valence-electron chi connectivity index (χ1n) is 5.34. The predicted molar refractivity (Wildman–Crippen MR) is 62.8 cm³/mol. The predicted octanol–water partition coefficient (Wildman–Crippen LogP) is 2.45. The highest BCUT2D eigenvalue weighted by atomic mass is 19.4. The van der Waals surface area contributed by atoms with Gasteiger partial charge in [-0.15, -0.1) is 0 Å². The molecule has 0 aliphatic carbocycles. The van der Waals surface area contributed by atoms with Gasteiger partial charge in [0.25, 0.3) is 11.5 Å². The number of fused-ring (bicyclic) bond motifs is 1. The molecular weight excluding hydrogens is 279 g/mol. The number of non-ortho nitro benzene ring substituents is 1. The van der Waals surface area contributed by atoms with Crippen molar-refractivity contribution < 1.29 is 28.3 Å². The molecule has 0 amide bonds. The quantitative estimate of drug-likeness (QED) is 0.505. The molecule has 0 spiro atoms. The first-order valence-corrected chi connectivity index (χ1v) is 5.34. The molecule has 0 unspecified atom stereocenters. The Morgan fingerprint density at radius 3 is 2.05 bits per heavy atom. The maximum Gasteiger partial charge on any atom is 0.447 e. The van der Waals surface area contributed by atoms with Crippen LogP contribution in [0.1, 0.15) is 5.56 Å². The van der Waals surface area contributed by atoms with Crippen LogP contribution >= 0.6 is 0 Å². The maximum absolute atomic E-state index is 12.7. The van der Waals surface area contributed by atoms with Crippen LogP contribution in [0.2, 0.25) is 0 Å². The van der Waals surface area contributed by atoms with E-state index in [1.165, 1.54) is 18.2 Å². The summed E-state index contributed by atoms with van der Waals surface area (Å²) in [5.41, 5.74) is -1.27. The molecule has 0 bridgehead atoms. The summed E-state index contributed by atoms with van der Waals surface area (Å²) in [7, 11) is 0. The van der Waals surface area contributed by atoms with Crippen molar-refractivity contribution in [3.63, 3.8) is 0 Å². The molecule has 106 valence electrons. The summed E-state index contributed by atoms with van der Waals surface area (Å²) < 4.78 is 38.0. The zero-order chi connectivity index (χ0) is 15.1. The number of benzene rings is 2. The Morgan fingerprint density at radius 2 is 1.55 bits per heavy atom. The molecule has 20 heavy (non-hydrogen) atoms. The minimum atomic E-state index is -5.33. The minimum Gasteiger partial charge on any atom is -0.355 e. The molecule has 2 rings (SSSR count). The normalized spacial score (nSPS) is 12.7. The molecule has 0 heterocycles. The minimum absolute atomic E-state index is 0.105. The second kappa shape index (κ2) is 4.43. The molecule has 0 fully saturated rings. The molecule has 0 radical (unpaired) electrons. The van der Waals surface area contributed by atoms with E-state index < -0.39 is 28.1 Å². The number of hydrogen-bond acceptors (Lipinski definition) is 4. The van der Waals surface area contributed by atoms with E-state index in [-0.39, 0.29) is 10.8 Å². The Bertz CT molecular complexity index is 682. The van der Waals surface area contributed by atoms with Crippen LogP contribution in [0.5, 0.6) is 0 Å². The van der Waals surface area contributed by atoms with Gasteiger partial charge in [-0.1, -0.05) is 18.2 Å². The number of hydrogen-bond donors (Lipinski definition) is 2. The van der Waals surface area contributed by atoms with Gasteiger partial charge in [0.15, 0.2) is 0 Å². The average Bonchev–Trinajstić information content (AvgIpc) is 2.35. The monoisotopic (exact) mass is 287 g/mol. The number of nitro benzene ring substituents is 1. The van der Waals surface area contributed by atoms with Gasteiger partial charge in [-0.2, -0.15) is 13.2 Å². The molecule has 0 atom stereocenters. The number of halogens is 3. The van der Waals surface area contributed by atoms with Gasteiger partial charge in [-0.25, -0.2) is 0 Å². The lowest BCUT2D eigenvalue weighted by Crippen LogP contribution is -2.42. The average molecular weight is 287 g/mol. The Balaban J connectivity index is 2.81. The van der Waals surface area contributed by atoms with E-state index in [0.717, 1.165) is 12.1 Å². The number of nitro groups is 1. The van der Waals surface area contributed by atoms with Crippen molar-refractivity contribution in [2.24, 2.45) is 0 Å². The molecule has 5 nitrogen and oxygen atoms in total. The summed E-state index contributed by atoms with van der Waals surface area (Å²) in [6, 6.07) is 6.65. The van der Waals surface area contributed by atoms with Gasteiger partial charge in [0.2, 0.25) is 0 Å². The second-order valence-corrected chi connectivity index (χ2v) is 4.10. The molecule has 2 aromatic carbocycles. The van der Waals surface area contributed by atoms with E-state index in [9.17, 15) is 33.5 Å². The van der Waals surface area contributed by atoms with Crippen molar-refractivity contribution in [1.29, 1.82) is 0 Å². The standard InChI is InChI=1S/C12H8F3NO4/c13-12(14,15)11(17,18)9-5-6-10(16(19)20)8-4-2-1-3-7(8)9/h1-6,17-18H. The first-order chi connectivity index (χ1) is 9.16. The zero-order valence-electron chi connectivity index (χ0n) is 9.76. The van der Waals surface area contributed by atoms with E-state index in [1.807, 2.05) is 0 Å². The van der Waals surface area contributed by atoms with Crippen molar-refractivity contribution in [2.75, 3.05) is 0 Å². The highest BCUT2D eigenvalue weighted by Gasteiger charge is 2.55. The molecule has 0 aliphatic heterocycles. The lowest BCUT2D eigenvalue weighted by molar-refractivity contribution is -0.383. The summed E-state index contributed by atoms with van der Waals surface area (Å²) in [4.78, 5) is 10.1. The van der Waals surface area contributed by atoms with E-state index in [2.05, 4.69) is 0 Å². The summed E-state index contributed by atoms with van der Waals surface area (Å²) >= 11 is 0. The Kier molecular flexibility index (Phi) is 3.15. The fourth-order valence-corrected chi connectivity index (χ4v) is 1.90. The lowest BCUT2D eigenvalue weighted by atomic mass is 9.96. The topological polar surface area (TPSA) is 83.6 Å². The van der Waals surface area contributed by atoms with Crippen LogP contribution < -0.4 is 0 Å². The third-order valence-electron chi connectivity index (χ3n) is 2.87. The molecular formula is C12H8F3NO4. The van der Waals surface area contributed by atoms with E-state index in [0.29, 0.717) is 6.07 Å². The van der Waals surface area contributed by atoms with E-state index >= 15 is 0 Å². The Hall–Kier alpha value is -2.19. The second-order valence-electron chi connectivity index (χ2n) is 4.10. The van der Waals surface area contributed by atoms with Gasteiger partial charge in [0.05, 0.1) is 10.3 Å². The number of nitrogens with zero attached hydrogens (tertiary/aromatic N) is 1. The Labute approximate surface area is 110 Å². The third-order valence-corrected chi connectivity index (χ3v) is 2.87. The van der Waals surface area contributed by atoms with Crippen LogP contribution in [0.25, 0.3) is 10.8 Å². The van der Waals surface area contributed by atoms with Gasteiger partial charge in [0, 0.05) is 11.6 Å².